The van der Waals surface area contributed by atoms with E-state index in [1.807, 2.05) is 5.38 Å². The molecule has 2 aromatic rings. The Morgan fingerprint density at radius 2 is 2.10 bits per heavy atom. The van der Waals surface area contributed by atoms with E-state index >= 15 is 0 Å². The smallest absolute Gasteiger partial charge is 0.286 e. The van der Waals surface area contributed by atoms with Crippen LogP contribution in [-0.2, 0) is 6.42 Å². The molecule has 106 valence electrons. The predicted molar refractivity (Wildman–Crippen MR) is 79.3 cm³/mol. The number of nitrogens with two attached hydrogens (primary N) is 1. The van der Waals surface area contributed by atoms with Crippen LogP contribution in [0.5, 0.6) is 0 Å². The molecule has 0 aliphatic heterocycles. The van der Waals surface area contributed by atoms with E-state index in [4.69, 9.17) is 5.73 Å². The van der Waals surface area contributed by atoms with Crippen molar-refractivity contribution in [1.29, 1.82) is 0 Å². The van der Waals surface area contributed by atoms with Crippen LogP contribution in [0, 0.1) is 0 Å². The summed E-state index contributed by atoms with van der Waals surface area (Å²) in [7, 11) is 0. The summed E-state index contributed by atoms with van der Waals surface area (Å²) in [6, 6.07) is 0. The number of nitrogens with zero attached hydrogens (tertiary/aromatic N) is 2. The van der Waals surface area contributed by atoms with Crippen LogP contribution in [-0.4, -0.2) is 21.8 Å². The topological polar surface area (TPSA) is 98.0 Å². The van der Waals surface area contributed by atoms with Gasteiger partial charge in [-0.15, -0.1) is 22.7 Å². The van der Waals surface area contributed by atoms with Gasteiger partial charge in [-0.25, -0.2) is 9.97 Å². The number of carbonyl (C=O) groups excluding carboxylic acids is 2. The van der Waals surface area contributed by atoms with Crippen LogP contribution in [0.25, 0.3) is 0 Å². The zero-order chi connectivity index (χ0) is 14.5. The number of aromatic nitrogens is 2. The lowest BCUT2D eigenvalue weighted by Crippen LogP contribution is -2.14. The van der Waals surface area contributed by atoms with E-state index in [9.17, 15) is 9.59 Å². The van der Waals surface area contributed by atoms with E-state index in [1.54, 1.807) is 0 Å². The van der Waals surface area contributed by atoms with Gasteiger partial charge in [-0.1, -0.05) is 13.3 Å². The lowest BCUT2D eigenvalue weighted by atomic mass is 10.2. The zero-order valence-electron chi connectivity index (χ0n) is 10.9. The number of unbranched alkanes of at least 4 members (excludes halogenated alkanes) is 1. The fraction of sp³-hybridized carbons (Fsp3) is 0.333. The van der Waals surface area contributed by atoms with Crippen molar-refractivity contribution < 1.29 is 9.59 Å². The molecule has 2 amide bonds. The lowest BCUT2D eigenvalue weighted by Gasteiger charge is -1.97. The van der Waals surface area contributed by atoms with Crippen molar-refractivity contribution in [2.45, 2.75) is 26.2 Å². The second kappa shape index (κ2) is 6.58. The van der Waals surface area contributed by atoms with Gasteiger partial charge in [0, 0.05) is 10.8 Å². The highest BCUT2D eigenvalue weighted by Gasteiger charge is 2.14. The summed E-state index contributed by atoms with van der Waals surface area (Å²) in [6.07, 6.45) is 3.02. The number of rotatable bonds is 6. The van der Waals surface area contributed by atoms with E-state index in [2.05, 4.69) is 22.2 Å². The molecule has 20 heavy (non-hydrogen) atoms. The summed E-state index contributed by atoms with van der Waals surface area (Å²) >= 11 is 2.46. The Hall–Kier alpha value is -1.80. The van der Waals surface area contributed by atoms with E-state index in [-0.39, 0.29) is 11.6 Å². The Kier molecular flexibility index (Phi) is 4.80. The molecule has 6 nitrogen and oxygen atoms in total. The first-order valence-electron chi connectivity index (χ1n) is 6.11. The van der Waals surface area contributed by atoms with E-state index in [0.717, 1.165) is 36.3 Å². The molecular weight excluding hydrogens is 296 g/mol. The van der Waals surface area contributed by atoms with Gasteiger partial charge in [0.1, 0.15) is 5.69 Å². The van der Waals surface area contributed by atoms with Crippen LogP contribution in [0.4, 0.5) is 5.13 Å². The van der Waals surface area contributed by atoms with Gasteiger partial charge in [0.15, 0.2) is 10.1 Å². The van der Waals surface area contributed by atoms with Gasteiger partial charge < -0.3 is 5.73 Å². The van der Waals surface area contributed by atoms with Crippen LogP contribution < -0.4 is 11.1 Å². The molecule has 8 heteroatoms. The molecule has 0 radical (unpaired) electrons. The third-order valence-electron chi connectivity index (χ3n) is 2.51. The highest BCUT2D eigenvalue weighted by Crippen LogP contribution is 2.18. The first-order valence-corrected chi connectivity index (χ1v) is 7.87. The lowest BCUT2D eigenvalue weighted by molar-refractivity contribution is 0.0992. The number of aryl methyl sites for hydroxylation is 1. The van der Waals surface area contributed by atoms with Gasteiger partial charge in [-0.2, -0.15) is 0 Å². The van der Waals surface area contributed by atoms with Gasteiger partial charge in [-0.3, -0.25) is 14.9 Å². The Balaban J connectivity index is 2.00. The Labute approximate surface area is 124 Å². The molecule has 0 unspecified atom stereocenters. The maximum Gasteiger partial charge on any atom is 0.286 e. The minimum Gasteiger partial charge on any atom is -0.364 e. The van der Waals surface area contributed by atoms with Crippen molar-refractivity contribution in [2.75, 3.05) is 5.32 Å². The normalized spacial score (nSPS) is 10.4. The summed E-state index contributed by atoms with van der Waals surface area (Å²) in [5.41, 5.74) is 6.18. The minimum absolute atomic E-state index is 0.146. The van der Waals surface area contributed by atoms with Crippen LogP contribution in [0.2, 0.25) is 0 Å². The van der Waals surface area contributed by atoms with E-state index in [0.29, 0.717) is 10.1 Å². The van der Waals surface area contributed by atoms with Crippen LogP contribution in [0.3, 0.4) is 0 Å². The monoisotopic (exact) mass is 310 g/mol. The van der Waals surface area contributed by atoms with E-state index < -0.39 is 5.91 Å². The van der Waals surface area contributed by atoms with Crippen molar-refractivity contribution in [3.8, 4) is 0 Å². The van der Waals surface area contributed by atoms with Crippen LogP contribution >= 0.6 is 22.7 Å². The second-order valence-electron chi connectivity index (χ2n) is 4.10. The van der Waals surface area contributed by atoms with Gasteiger partial charge in [0.2, 0.25) is 0 Å². The molecule has 2 heterocycles. The molecule has 0 aliphatic rings. The second-order valence-corrected chi connectivity index (χ2v) is 5.82. The minimum atomic E-state index is -0.613. The number of carbonyl (C=O) groups is 2. The first-order chi connectivity index (χ1) is 9.60. The number of hydrogen-bond acceptors (Lipinski definition) is 6. The molecule has 0 aliphatic carbocycles. The summed E-state index contributed by atoms with van der Waals surface area (Å²) in [4.78, 5) is 31.1. The maximum atomic E-state index is 12.0. The van der Waals surface area contributed by atoms with Crippen molar-refractivity contribution in [3.63, 3.8) is 0 Å². The Morgan fingerprint density at radius 3 is 2.75 bits per heavy atom. The Morgan fingerprint density at radius 1 is 1.30 bits per heavy atom. The van der Waals surface area contributed by atoms with Crippen molar-refractivity contribution >= 4 is 39.6 Å². The molecule has 3 N–H and O–H groups in total. The maximum absolute atomic E-state index is 12.0. The largest absolute Gasteiger partial charge is 0.364 e. The standard InChI is InChI=1S/C12H14N4O2S2/c1-2-3-4-7-5-19-11(14-7)10(18)16-12-15-8(6-20-12)9(13)17/h5-6H,2-4H2,1H3,(H2,13,17)(H,15,16,18). The van der Waals surface area contributed by atoms with Gasteiger partial charge in [0.05, 0.1) is 5.69 Å². The highest BCUT2D eigenvalue weighted by atomic mass is 32.1. The third kappa shape index (κ3) is 3.61. The Bertz CT molecular complexity index is 621. The molecule has 0 saturated heterocycles. The molecule has 0 bridgehead atoms. The number of nitrogens with one attached hydrogen (secondary N) is 1. The summed E-state index contributed by atoms with van der Waals surface area (Å²) in [5, 5.41) is 6.75. The van der Waals surface area contributed by atoms with Gasteiger partial charge in [0.25, 0.3) is 11.8 Å². The van der Waals surface area contributed by atoms with Gasteiger partial charge >= 0.3 is 0 Å². The number of primary amides is 1. The fourth-order valence-electron chi connectivity index (χ4n) is 1.48. The molecule has 0 atom stereocenters. The predicted octanol–water partition coefficient (Wildman–Crippen LogP) is 2.29. The average Bonchev–Trinajstić information content (AvgIpc) is 3.04. The van der Waals surface area contributed by atoms with E-state index in [1.165, 1.54) is 16.7 Å². The zero-order valence-corrected chi connectivity index (χ0v) is 12.5. The quantitative estimate of drug-likeness (QED) is 0.855. The molecular formula is C12H14N4O2S2. The first kappa shape index (κ1) is 14.6. The molecule has 0 fully saturated rings. The summed E-state index contributed by atoms with van der Waals surface area (Å²) in [5.74, 6) is -0.930. The summed E-state index contributed by atoms with van der Waals surface area (Å²) in [6.45, 7) is 2.11. The molecule has 2 rings (SSSR count). The number of hydrogen-bond donors (Lipinski definition) is 2. The van der Waals surface area contributed by atoms with Crippen LogP contribution in [0.1, 0.15) is 45.7 Å². The molecule has 0 spiro atoms. The fourth-order valence-corrected chi connectivity index (χ4v) is 2.92. The van der Waals surface area contributed by atoms with Gasteiger partial charge in [-0.05, 0) is 12.8 Å². The number of anilines is 1. The molecule has 0 aromatic carbocycles. The highest BCUT2D eigenvalue weighted by molar-refractivity contribution is 7.14. The summed E-state index contributed by atoms with van der Waals surface area (Å²) < 4.78 is 0. The van der Waals surface area contributed by atoms with Crippen molar-refractivity contribution in [3.05, 3.63) is 27.2 Å². The molecule has 0 saturated carbocycles. The SMILES string of the molecule is CCCCc1csc(C(=O)Nc2nc(C(N)=O)cs2)n1. The average molecular weight is 310 g/mol. The number of amides is 2. The third-order valence-corrected chi connectivity index (χ3v) is 4.16. The van der Waals surface area contributed by atoms with Crippen molar-refractivity contribution in [2.24, 2.45) is 5.73 Å². The van der Waals surface area contributed by atoms with Crippen LogP contribution in [0.15, 0.2) is 10.8 Å². The number of thiazole rings is 2. The van der Waals surface area contributed by atoms with Crippen molar-refractivity contribution in [1.82, 2.24) is 9.97 Å². The molecule has 2 aromatic heterocycles.